The average molecular weight is 291 g/mol. The molecule has 0 radical (unpaired) electrons. The Bertz CT molecular complexity index is 546. The molecule has 20 heavy (non-hydrogen) atoms. The van der Waals surface area contributed by atoms with Crippen LogP contribution in [-0.4, -0.2) is 16.5 Å². The number of aromatic nitrogens is 2. The smallest absolute Gasteiger partial charge is 0.128 e. The van der Waals surface area contributed by atoms with Crippen LogP contribution in [0.3, 0.4) is 0 Å². The van der Waals surface area contributed by atoms with Crippen molar-refractivity contribution in [1.29, 1.82) is 0 Å². The van der Waals surface area contributed by atoms with E-state index >= 15 is 0 Å². The minimum absolute atomic E-state index is 0.185. The van der Waals surface area contributed by atoms with E-state index in [1.54, 1.807) is 24.7 Å². The molecule has 0 spiro atoms. The molecule has 0 atom stereocenters. The molecule has 0 aliphatic rings. The number of hydrogen-bond acceptors (Lipinski definition) is 4. The van der Waals surface area contributed by atoms with Gasteiger partial charge in [0.1, 0.15) is 10.8 Å². The Morgan fingerprint density at radius 1 is 1.30 bits per heavy atom. The van der Waals surface area contributed by atoms with Gasteiger partial charge in [0.15, 0.2) is 0 Å². The van der Waals surface area contributed by atoms with Gasteiger partial charge >= 0.3 is 0 Å². The summed E-state index contributed by atoms with van der Waals surface area (Å²) >= 11 is 1.43. The van der Waals surface area contributed by atoms with Crippen LogP contribution in [0.4, 0.5) is 4.39 Å². The highest BCUT2D eigenvalue weighted by Crippen LogP contribution is 2.29. The fourth-order valence-corrected chi connectivity index (χ4v) is 2.63. The van der Waals surface area contributed by atoms with Crippen molar-refractivity contribution in [3.8, 4) is 0 Å². The van der Waals surface area contributed by atoms with Crippen molar-refractivity contribution in [3.05, 3.63) is 48.2 Å². The average Bonchev–Trinajstić information content (AvgIpc) is 2.43. The number of hydrogen-bond donors (Lipinski definition) is 1. The number of nitrogens with one attached hydrogen (secondary N) is 1. The van der Waals surface area contributed by atoms with Crippen LogP contribution in [0, 0.1) is 11.7 Å². The normalized spacial score (nSPS) is 11.0. The lowest BCUT2D eigenvalue weighted by Gasteiger charge is -2.12. The lowest BCUT2D eigenvalue weighted by molar-refractivity contribution is 0.530. The fraction of sp³-hybridized carbons (Fsp3) is 0.333. The van der Waals surface area contributed by atoms with Gasteiger partial charge in [-0.05, 0) is 24.6 Å². The highest BCUT2D eigenvalue weighted by Gasteiger charge is 2.10. The Hall–Kier alpha value is -1.46. The maximum atomic E-state index is 14.0. The SMILES string of the molecule is CC(C)CNCc1c(F)cccc1Sc1cnccn1. The predicted molar refractivity (Wildman–Crippen MR) is 79.1 cm³/mol. The van der Waals surface area contributed by atoms with E-state index in [-0.39, 0.29) is 5.82 Å². The summed E-state index contributed by atoms with van der Waals surface area (Å²) in [4.78, 5) is 9.11. The first kappa shape index (κ1) is 14.9. The third kappa shape index (κ3) is 4.28. The summed E-state index contributed by atoms with van der Waals surface area (Å²) in [5.74, 6) is 0.355. The van der Waals surface area contributed by atoms with E-state index in [1.165, 1.54) is 17.8 Å². The van der Waals surface area contributed by atoms with Gasteiger partial charge < -0.3 is 5.32 Å². The van der Waals surface area contributed by atoms with Crippen LogP contribution in [-0.2, 0) is 6.54 Å². The van der Waals surface area contributed by atoms with Gasteiger partial charge in [0.25, 0.3) is 0 Å². The molecule has 3 nitrogen and oxygen atoms in total. The largest absolute Gasteiger partial charge is 0.312 e. The third-order valence-electron chi connectivity index (χ3n) is 2.68. The topological polar surface area (TPSA) is 37.8 Å². The molecule has 1 heterocycles. The van der Waals surface area contributed by atoms with Crippen molar-refractivity contribution < 1.29 is 4.39 Å². The molecule has 0 fully saturated rings. The Kier molecular flexibility index (Phi) is 5.49. The maximum absolute atomic E-state index is 14.0. The van der Waals surface area contributed by atoms with Gasteiger partial charge in [-0.1, -0.05) is 31.7 Å². The van der Waals surface area contributed by atoms with Gasteiger partial charge in [-0.3, -0.25) is 4.98 Å². The van der Waals surface area contributed by atoms with Crippen molar-refractivity contribution in [2.75, 3.05) is 6.54 Å². The van der Waals surface area contributed by atoms with Gasteiger partial charge in [-0.15, -0.1) is 0 Å². The summed E-state index contributed by atoms with van der Waals surface area (Å²) in [5, 5.41) is 4.05. The van der Waals surface area contributed by atoms with E-state index in [2.05, 4.69) is 29.1 Å². The number of halogens is 1. The summed E-state index contributed by atoms with van der Waals surface area (Å²) in [6.07, 6.45) is 4.94. The molecule has 106 valence electrons. The van der Waals surface area contributed by atoms with E-state index in [0.29, 0.717) is 18.0 Å². The molecule has 0 aliphatic carbocycles. The maximum Gasteiger partial charge on any atom is 0.128 e. The summed E-state index contributed by atoms with van der Waals surface area (Å²) in [7, 11) is 0. The molecule has 2 aromatic rings. The second-order valence-electron chi connectivity index (χ2n) is 4.89. The first-order valence-corrected chi connectivity index (χ1v) is 7.40. The highest BCUT2D eigenvalue weighted by molar-refractivity contribution is 7.99. The van der Waals surface area contributed by atoms with Crippen LogP contribution < -0.4 is 5.32 Å². The Morgan fingerprint density at radius 2 is 2.15 bits per heavy atom. The molecule has 0 saturated carbocycles. The zero-order valence-corrected chi connectivity index (χ0v) is 12.5. The van der Waals surface area contributed by atoms with Gasteiger partial charge in [0.2, 0.25) is 0 Å². The number of benzene rings is 1. The second kappa shape index (κ2) is 7.36. The van der Waals surface area contributed by atoms with E-state index < -0.39 is 0 Å². The summed E-state index contributed by atoms with van der Waals surface area (Å²) in [6.45, 7) is 5.64. The van der Waals surface area contributed by atoms with E-state index in [9.17, 15) is 4.39 Å². The quantitative estimate of drug-likeness (QED) is 0.884. The van der Waals surface area contributed by atoms with Gasteiger partial charge in [-0.25, -0.2) is 9.37 Å². The van der Waals surface area contributed by atoms with Gasteiger partial charge in [0.05, 0.1) is 6.20 Å². The van der Waals surface area contributed by atoms with Crippen LogP contribution >= 0.6 is 11.8 Å². The molecule has 0 saturated heterocycles. The van der Waals surface area contributed by atoms with E-state index in [0.717, 1.165) is 16.5 Å². The first-order valence-electron chi connectivity index (χ1n) is 6.59. The van der Waals surface area contributed by atoms with E-state index in [4.69, 9.17) is 0 Å². The molecule has 2 rings (SSSR count). The van der Waals surface area contributed by atoms with Crippen molar-refractivity contribution in [3.63, 3.8) is 0 Å². The molecule has 5 heteroatoms. The van der Waals surface area contributed by atoms with Crippen LogP contribution in [0.1, 0.15) is 19.4 Å². The molecule has 0 unspecified atom stereocenters. The van der Waals surface area contributed by atoms with Crippen LogP contribution in [0.25, 0.3) is 0 Å². The van der Waals surface area contributed by atoms with Crippen LogP contribution in [0.5, 0.6) is 0 Å². The summed E-state index contributed by atoms with van der Waals surface area (Å²) in [6, 6.07) is 5.13. The molecule has 1 aromatic heterocycles. The second-order valence-corrected chi connectivity index (χ2v) is 5.95. The fourth-order valence-electron chi connectivity index (χ4n) is 1.74. The number of rotatable bonds is 6. The van der Waals surface area contributed by atoms with Crippen molar-refractivity contribution in [1.82, 2.24) is 15.3 Å². The van der Waals surface area contributed by atoms with Gasteiger partial charge in [-0.2, -0.15) is 0 Å². The van der Waals surface area contributed by atoms with Crippen molar-refractivity contribution in [2.45, 2.75) is 30.3 Å². The molecular formula is C15H18FN3S. The minimum atomic E-state index is -0.185. The van der Waals surface area contributed by atoms with Crippen molar-refractivity contribution >= 4 is 11.8 Å². The van der Waals surface area contributed by atoms with E-state index in [1.807, 2.05) is 6.07 Å². The third-order valence-corrected chi connectivity index (χ3v) is 3.71. The Labute approximate surface area is 123 Å². The lowest BCUT2D eigenvalue weighted by Crippen LogP contribution is -2.20. The van der Waals surface area contributed by atoms with Gasteiger partial charge in [0, 0.05) is 29.4 Å². The highest BCUT2D eigenvalue weighted by atomic mass is 32.2. The molecule has 0 amide bonds. The zero-order valence-electron chi connectivity index (χ0n) is 11.6. The lowest BCUT2D eigenvalue weighted by atomic mass is 10.2. The van der Waals surface area contributed by atoms with Crippen LogP contribution in [0.2, 0.25) is 0 Å². The molecule has 1 aromatic carbocycles. The molecular weight excluding hydrogens is 273 g/mol. The predicted octanol–water partition coefficient (Wildman–Crippen LogP) is 3.51. The minimum Gasteiger partial charge on any atom is -0.312 e. The first-order chi connectivity index (χ1) is 9.66. The monoisotopic (exact) mass is 291 g/mol. The summed E-state index contributed by atoms with van der Waals surface area (Å²) < 4.78 is 14.0. The number of nitrogens with zero attached hydrogens (tertiary/aromatic N) is 2. The van der Waals surface area contributed by atoms with Crippen LogP contribution in [0.15, 0.2) is 46.7 Å². The zero-order chi connectivity index (χ0) is 14.4. The summed E-state index contributed by atoms with van der Waals surface area (Å²) in [5.41, 5.74) is 0.684. The Balaban J connectivity index is 2.13. The Morgan fingerprint density at radius 3 is 2.85 bits per heavy atom. The van der Waals surface area contributed by atoms with Crippen molar-refractivity contribution in [2.24, 2.45) is 5.92 Å². The molecule has 1 N–H and O–H groups in total. The standard InChI is InChI=1S/C15H18FN3S/c1-11(2)8-18-9-12-13(16)4-3-5-14(12)20-15-10-17-6-7-19-15/h3-7,10-11,18H,8-9H2,1-2H3. The molecule has 0 bridgehead atoms. The molecule has 0 aliphatic heterocycles.